The highest BCUT2D eigenvalue weighted by Gasteiger charge is 2.23. The molecule has 3 aromatic rings. The third-order valence-electron chi connectivity index (χ3n) is 5.73. The highest BCUT2D eigenvalue weighted by molar-refractivity contribution is 5.75. The fraction of sp³-hybridized carbons (Fsp3) is 0.409. The first-order valence-electron chi connectivity index (χ1n) is 9.68. The molecular formula is C22H27N3O. The molecule has 2 heterocycles. The lowest BCUT2D eigenvalue weighted by molar-refractivity contribution is 0.185. The van der Waals surface area contributed by atoms with Gasteiger partial charge in [0.15, 0.2) is 0 Å². The van der Waals surface area contributed by atoms with E-state index in [-0.39, 0.29) is 5.69 Å². The Bertz CT molecular complexity index is 932. The molecule has 0 spiro atoms. The molecule has 0 aliphatic carbocycles. The lowest BCUT2D eigenvalue weighted by atomic mass is 10.0. The van der Waals surface area contributed by atoms with E-state index in [1.54, 1.807) is 0 Å². The molecule has 0 bridgehead atoms. The van der Waals surface area contributed by atoms with E-state index in [2.05, 4.69) is 41.1 Å². The Hall–Kier alpha value is -2.33. The number of nitrogens with zero attached hydrogens (tertiary/aromatic N) is 2. The van der Waals surface area contributed by atoms with Crippen LogP contribution in [0, 0.1) is 6.92 Å². The van der Waals surface area contributed by atoms with Gasteiger partial charge in [0.2, 0.25) is 0 Å². The van der Waals surface area contributed by atoms with Gasteiger partial charge in [-0.3, -0.25) is 4.57 Å². The molecule has 0 amide bonds. The van der Waals surface area contributed by atoms with Crippen molar-refractivity contribution in [1.82, 2.24) is 14.5 Å². The van der Waals surface area contributed by atoms with E-state index in [4.69, 9.17) is 0 Å². The first-order chi connectivity index (χ1) is 12.7. The molecule has 4 rings (SSSR count). The van der Waals surface area contributed by atoms with Gasteiger partial charge >= 0.3 is 5.69 Å². The average Bonchev–Trinajstić information content (AvgIpc) is 3.00. The van der Waals surface area contributed by atoms with Crippen LogP contribution in [0.4, 0.5) is 0 Å². The Morgan fingerprint density at radius 2 is 1.77 bits per heavy atom. The van der Waals surface area contributed by atoms with E-state index in [0.717, 1.165) is 49.9 Å². The number of likely N-dealkylation sites (tertiary alicyclic amines) is 1. The van der Waals surface area contributed by atoms with Gasteiger partial charge in [-0.1, -0.05) is 36.4 Å². The number of piperidine rings is 1. The van der Waals surface area contributed by atoms with Gasteiger partial charge in [0.05, 0.1) is 11.0 Å². The Morgan fingerprint density at radius 1 is 1.04 bits per heavy atom. The third kappa shape index (κ3) is 3.47. The number of fused-ring (bicyclic) bond motifs is 1. The van der Waals surface area contributed by atoms with E-state index >= 15 is 0 Å². The largest absolute Gasteiger partial charge is 0.326 e. The molecule has 136 valence electrons. The van der Waals surface area contributed by atoms with Crippen LogP contribution in [0.15, 0.2) is 53.3 Å². The molecule has 0 saturated carbocycles. The molecule has 2 aromatic carbocycles. The van der Waals surface area contributed by atoms with Gasteiger partial charge in [0, 0.05) is 19.1 Å². The van der Waals surface area contributed by atoms with Crippen LogP contribution in [0.2, 0.25) is 0 Å². The minimum absolute atomic E-state index is 0.0317. The van der Waals surface area contributed by atoms with Gasteiger partial charge in [0.1, 0.15) is 0 Å². The van der Waals surface area contributed by atoms with E-state index in [1.165, 1.54) is 17.5 Å². The van der Waals surface area contributed by atoms with E-state index < -0.39 is 0 Å². The fourth-order valence-electron chi connectivity index (χ4n) is 4.22. The lowest BCUT2D eigenvalue weighted by Gasteiger charge is -2.32. The van der Waals surface area contributed by atoms with Gasteiger partial charge in [-0.25, -0.2) is 4.79 Å². The van der Waals surface area contributed by atoms with Crippen molar-refractivity contribution in [3.63, 3.8) is 0 Å². The molecule has 0 atom stereocenters. The molecule has 1 aliphatic heterocycles. The maximum atomic E-state index is 12.4. The molecule has 26 heavy (non-hydrogen) atoms. The third-order valence-corrected chi connectivity index (χ3v) is 5.73. The predicted molar refractivity (Wildman–Crippen MR) is 107 cm³/mol. The first kappa shape index (κ1) is 17.1. The van der Waals surface area contributed by atoms with Crippen molar-refractivity contribution < 1.29 is 0 Å². The Balaban J connectivity index is 1.33. The average molecular weight is 349 g/mol. The van der Waals surface area contributed by atoms with E-state index in [1.807, 2.05) is 28.8 Å². The van der Waals surface area contributed by atoms with Crippen LogP contribution in [0.5, 0.6) is 0 Å². The number of aromatic nitrogens is 2. The Morgan fingerprint density at radius 3 is 2.58 bits per heavy atom. The number of aryl methyl sites for hydroxylation is 2. The summed E-state index contributed by atoms with van der Waals surface area (Å²) in [5.41, 5.74) is 4.87. The summed E-state index contributed by atoms with van der Waals surface area (Å²) in [5, 5.41) is 0. The number of rotatable bonds is 5. The van der Waals surface area contributed by atoms with Crippen molar-refractivity contribution in [3.8, 4) is 0 Å². The molecule has 4 heteroatoms. The topological polar surface area (TPSA) is 41.0 Å². The minimum Gasteiger partial charge on any atom is -0.306 e. The van der Waals surface area contributed by atoms with Crippen LogP contribution in [-0.2, 0) is 6.42 Å². The molecule has 1 saturated heterocycles. The van der Waals surface area contributed by atoms with Gasteiger partial charge in [-0.2, -0.15) is 0 Å². The first-order valence-corrected chi connectivity index (χ1v) is 9.68. The number of H-pyrrole nitrogens is 1. The number of imidazole rings is 1. The van der Waals surface area contributed by atoms with Crippen LogP contribution in [0.1, 0.15) is 36.4 Å². The number of nitrogens with one attached hydrogen (secondary N) is 1. The second kappa shape index (κ2) is 7.50. The maximum Gasteiger partial charge on any atom is 0.326 e. The zero-order valence-corrected chi connectivity index (χ0v) is 15.4. The number of benzene rings is 2. The monoisotopic (exact) mass is 349 g/mol. The summed E-state index contributed by atoms with van der Waals surface area (Å²) < 4.78 is 1.97. The Kier molecular flexibility index (Phi) is 4.93. The van der Waals surface area contributed by atoms with Gasteiger partial charge in [-0.15, -0.1) is 0 Å². The predicted octanol–water partition coefficient (Wildman–Crippen LogP) is 3.91. The van der Waals surface area contributed by atoms with Gasteiger partial charge in [-0.05, 0) is 62.4 Å². The number of aromatic amines is 1. The molecular weight excluding hydrogens is 322 g/mol. The van der Waals surface area contributed by atoms with Crippen LogP contribution in [0.25, 0.3) is 11.0 Å². The van der Waals surface area contributed by atoms with Crippen LogP contribution in [-0.4, -0.2) is 34.1 Å². The second-order valence-corrected chi connectivity index (χ2v) is 7.42. The fourth-order valence-corrected chi connectivity index (χ4v) is 4.22. The normalized spacial score (nSPS) is 16.3. The maximum absolute atomic E-state index is 12.4. The summed E-state index contributed by atoms with van der Waals surface area (Å²) >= 11 is 0. The molecule has 1 N–H and O–H groups in total. The lowest BCUT2D eigenvalue weighted by Crippen LogP contribution is -2.37. The van der Waals surface area contributed by atoms with E-state index in [0.29, 0.717) is 6.04 Å². The van der Waals surface area contributed by atoms with Crippen molar-refractivity contribution in [2.24, 2.45) is 0 Å². The minimum atomic E-state index is 0.0317. The summed E-state index contributed by atoms with van der Waals surface area (Å²) in [6, 6.07) is 17.0. The summed E-state index contributed by atoms with van der Waals surface area (Å²) in [6.07, 6.45) is 4.44. The number of para-hydroxylation sites is 2. The smallest absolute Gasteiger partial charge is 0.306 e. The number of hydrogen-bond acceptors (Lipinski definition) is 2. The van der Waals surface area contributed by atoms with Crippen molar-refractivity contribution in [3.05, 3.63) is 70.1 Å². The highest BCUT2D eigenvalue weighted by atomic mass is 16.1. The van der Waals surface area contributed by atoms with Crippen molar-refractivity contribution in [2.75, 3.05) is 19.6 Å². The Labute approximate surface area is 154 Å². The molecule has 1 aliphatic rings. The molecule has 1 fully saturated rings. The van der Waals surface area contributed by atoms with Crippen LogP contribution in [0.3, 0.4) is 0 Å². The van der Waals surface area contributed by atoms with Crippen LogP contribution < -0.4 is 5.69 Å². The van der Waals surface area contributed by atoms with Gasteiger partial charge < -0.3 is 9.88 Å². The zero-order valence-electron chi connectivity index (χ0n) is 15.4. The number of hydrogen-bond donors (Lipinski definition) is 1. The molecule has 1 aromatic heterocycles. The SMILES string of the molecule is Cc1ccccc1CCCN1CCC(n2c(=O)[nH]c3ccccc32)CC1. The van der Waals surface area contributed by atoms with Crippen molar-refractivity contribution in [2.45, 2.75) is 38.6 Å². The van der Waals surface area contributed by atoms with Crippen molar-refractivity contribution in [1.29, 1.82) is 0 Å². The van der Waals surface area contributed by atoms with Crippen LogP contribution >= 0.6 is 0 Å². The van der Waals surface area contributed by atoms with Crippen molar-refractivity contribution >= 4 is 11.0 Å². The summed E-state index contributed by atoms with van der Waals surface area (Å²) in [5.74, 6) is 0. The standard InChI is InChI=1S/C22H27N3O/c1-17-7-2-3-8-18(17)9-6-14-24-15-12-19(13-16-24)25-21-11-5-4-10-20(21)23-22(25)26/h2-5,7-8,10-11,19H,6,9,12-16H2,1H3,(H,23,26). The van der Waals surface area contributed by atoms with E-state index in [9.17, 15) is 4.79 Å². The quantitative estimate of drug-likeness (QED) is 0.759. The van der Waals surface area contributed by atoms with Gasteiger partial charge in [0.25, 0.3) is 0 Å². The second-order valence-electron chi connectivity index (χ2n) is 7.42. The summed E-state index contributed by atoms with van der Waals surface area (Å²) in [4.78, 5) is 17.9. The highest BCUT2D eigenvalue weighted by Crippen LogP contribution is 2.25. The summed E-state index contributed by atoms with van der Waals surface area (Å²) in [6.45, 7) is 5.48. The molecule has 0 radical (unpaired) electrons. The molecule has 0 unspecified atom stereocenters. The molecule has 4 nitrogen and oxygen atoms in total. The zero-order chi connectivity index (χ0) is 17.9. The summed E-state index contributed by atoms with van der Waals surface area (Å²) in [7, 11) is 0.